The summed E-state index contributed by atoms with van der Waals surface area (Å²) in [7, 11) is 0. The van der Waals surface area contributed by atoms with Crippen molar-refractivity contribution >= 4 is 17.8 Å². The highest BCUT2D eigenvalue weighted by Gasteiger charge is 2.23. The van der Waals surface area contributed by atoms with Crippen molar-refractivity contribution < 1.29 is 4.79 Å². The summed E-state index contributed by atoms with van der Waals surface area (Å²) in [6.45, 7) is 4.52. The van der Waals surface area contributed by atoms with Crippen LogP contribution >= 0.6 is 0 Å². The maximum Gasteiger partial charge on any atom is 0.228 e. The fourth-order valence-electron chi connectivity index (χ4n) is 1.66. The maximum absolute atomic E-state index is 11.4. The molecule has 0 radical (unpaired) electrons. The number of aromatic nitrogens is 1. The average molecular weight is 176 g/mol. The second-order valence-electron chi connectivity index (χ2n) is 3.13. The first-order valence-electron chi connectivity index (χ1n) is 4.43. The lowest BCUT2D eigenvalue weighted by Crippen LogP contribution is -2.24. The van der Waals surface area contributed by atoms with Crippen molar-refractivity contribution in [2.45, 2.75) is 12.8 Å². The van der Waals surface area contributed by atoms with E-state index < -0.39 is 0 Å². The number of aromatic amines is 1. The minimum atomic E-state index is 0.200. The van der Waals surface area contributed by atoms with Crippen molar-refractivity contribution in [3.63, 3.8) is 0 Å². The third-order valence-corrected chi connectivity index (χ3v) is 2.32. The first kappa shape index (κ1) is 8.10. The molecule has 1 aliphatic heterocycles. The van der Waals surface area contributed by atoms with Gasteiger partial charge in [0.1, 0.15) is 5.82 Å². The number of amides is 1. The van der Waals surface area contributed by atoms with Crippen molar-refractivity contribution in [1.82, 2.24) is 4.98 Å². The minimum Gasteiger partial charge on any atom is -0.347 e. The van der Waals surface area contributed by atoms with Crippen LogP contribution in [0.2, 0.25) is 0 Å². The van der Waals surface area contributed by atoms with Crippen LogP contribution in [0, 0.1) is 0 Å². The van der Waals surface area contributed by atoms with Gasteiger partial charge in [0.2, 0.25) is 5.91 Å². The van der Waals surface area contributed by atoms with Crippen molar-refractivity contribution in [2.75, 3.05) is 11.4 Å². The van der Waals surface area contributed by atoms with Crippen LogP contribution in [-0.4, -0.2) is 17.4 Å². The van der Waals surface area contributed by atoms with Gasteiger partial charge in [-0.3, -0.25) is 9.69 Å². The summed E-state index contributed by atoms with van der Waals surface area (Å²) >= 11 is 0. The zero-order valence-electron chi connectivity index (χ0n) is 7.42. The predicted molar refractivity (Wildman–Crippen MR) is 52.5 cm³/mol. The van der Waals surface area contributed by atoms with Gasteiger partial charge in [0.05, 0.1) is 0 Å². The fraction of sp³-hybridized carbons (Fsp3) is 0.300. The second kappa shape index (κ2) is 3.09. The lowest BCUT2D eigenvalue weighted by Gasteiger charge is -2.14. The number of carbonyl (C=O) groups excluding carboxylic acids is 1. The Bertz CT molecular complexity index is 340. The van der Waals surface area contributed by atoms with E-state index in [-0.39, 0.29) is 5.91 Å². The molecule has 0 atom stereocenters. The van der Waals surface area contributed by atoms with Crippen LogP contribution < -0.4 is 4.90 Å². The highest BCUT2D eigenvalue weighted by atomic mass is 16.2. The van der Waals surface area contributed by atoms with E-state index >= 15 is 0 Å². The monoisotopic (exact) mass is 176 g/mol. The van der Waals surface area contributed by atoms with Crippen LogP contribution in [0.4, 0.5) is 5.82 Å². The largest absolute Gasteiger partial charge is 0.347 e. The van der Waals surface area contributed by atoms with Crippen LogP contribution in [0.25, 0.3) is 6.08 Å². The van der Waals surface area contributed by atoms with Crippen molar-refractivity contribution in [1.29, 1.82) is 0 Å². The van der Waals surface area contributed by atoms with Crippen LogP contribution in [0.5, 0.6) is 0 Å². The van der Waals surface area contributed by atoms with Gasteiger partial charge in [-0.2, -0.15) is 0 Å². The molecular formula is C10H12N2O. The summed E-state index contributed by atoms with van der Waals surface area (Å²) in [5.41, 5.74) is 0.996. The number of hydrogen-bond acceptors (Lipinski definition) is 1. The minimum absolute atomic E-state index is 0.200. The molecular weight excluding hydrogens is 164 g/mol. The second-order valence-corrected chi connectivity index (χ2v) is 3.13. The van der Waals surface area contributed by atoms with Crippen LogP contribution in [0.3, 0.4) is 0 Å². The summed E-state index contributed by atoms with van der Waals surface area (Å²) in [6.07, 6.45) is 5.21. The Morgan fingerprint density at radius 2 is 2.46 bits per heavy atom. The summed E-state index contributed by atoms with van der Waals surface area (Å²) in [4.78, 5) is 16.3. The van der Waals surface area contributed by atoms with Gasteiger partial charge in [0.25, 0.3) is 0 Å². The third kappa shape index (κ3) is 1.26. The van der Waals surface area contributed by atoms with E-state index in [9.17, 15) is 4.79 Å². The number of nitrogens with zero attached hydrogens (tertiary/aromatic N) is 1. The molecule has 0 aliphatic carbocycles. The Labute approximate surface area is 77.1 Å². The smallest absolute Gasteiger partial charge is 0.228 e. The van der Waals surface area contributed by atoms with E-state index in [0.717, 1.165) is 24.3 Å². The molecule has 0 unspecified atom stereocenters. The molecule has 3 heteroatoms. The summed E-state index contributed by atoms with van der Waals surface area (Å²) in [5.74, 6) is 1.09. The van der Waals surface area contributed by atoms with Crippen molar-refractivity contribution in [3.05, 3.63) is 24.4 Å². The third-order valence-electron chi connectivity index (χ3n) is 2.32. The number of H-pyrrole nitrogens is 1. The number of hydrogen-bond donors (Lipinski definition) is 1. The van der Waals surface area contributed by atoms with E-state index in [0.29, 0.717) is 6.42 Å². The van der Waals surface area contributed by atoms with Crippen LogP contribution in [-0.2, 0) is 4.79 Å². The summed E-state index contributed by atoms with van der Waals surface area (Å²) in [6, 6.07) is 1.92. The Kier molecular flexibility index (Phi) is 1.93. The maximum atomic E-state index is 11.4. The van der Waals surface area contributed by atoms with Crippen molar-refractivity contribution in [2.24, 2.45) is 0 Å². The van der Waals surface area contributed by atoms with Crippen molar-refractivity contribution in [3.8, 4) is 0 Å². The summed E-state index contributed by atoms with van der Waals surface area (Å²) in [5, 5.41) is 0. The average Bonchev–Trinajstić information content (AvgIpc) is 2.71. The predicted octanol–water partition coefficient (Wildman–Crippen LogP) is 1.78. The molecule has 1 aromatic rings. The Morgan fingerprint density at radius 1 is 1.62 bits per heavy atom. The Balaban J connectivity index is 2.33. The molecule has 1 saturated heterocycles. The molecule has 1 amide bonds. The highest BCUT2D eigenvalue weighted by molar-refractivity contribution is 5.96. The van der Waals surface area contributed by atoms with E-state index in [2.05, 4.69) is 11.6 Å². The molecule has 2 heterocycles. The molecule has 0 saturated carbocycles. The normalized spacial score (nSPS) is 16.6. The molecule has 0 bridgehead atoms. The fourth-order valence-corrected chi connectivity index (χ4v) is 1.66. The van der Waals surface area contributed by atoms with Gasteiger partial charge in [0.15, 0.2) is 0 Å². The van der Waals surface area contributed by atoms with Gasteiger partial charge >= 0.3 is 0 Å². The lowest BCUT2D eigenvalue weighted by atomic mass is 10.3. The molecule has 13 heavy (non-hydrogen) atoms. The molecule has 1 fully saturated rings. The van der Waals surface area contributed by atoms with Gasteiger partial charge in [0, 0.05) is 24.7 Å². The van der Waals surface area contributed by atoms with E-state index in [4.69, 9.17) is 0 Å². The van der Waals surface area contributed by atoms with Gasteiger partial charge in [-0.05, 0) is 12.5 Å². The SMILES string of the molecule is C=Cc1cc[nH]c1N1CCCC1=O. The van der Waals surface area contributed by atoms with E-state index in [1.807, 2.05) is 12.3 Å². The molecule has 1 aliphatic rings. The van der Waals surface area contributed by atoms with Gasteiger partial charge < -0.3 is 4.98 Å². The first-order valence-corrected chi connectivity index (χ1v) is 4.43. The molecule has 3 nitrogen and oxygen atoms in total. The van der Waals surface area contributed by atoms with E-state index in [1.165, 1.54) is 0 Å². The molecule has 1 N–H and O–H groups in total. The lowest BCUT2D eigenvalue weighted by molar-refractivity contribution is -0.117. The Morgan fingerprint density at radius 3 is 3.08 bits per heavy atom. The van der Waals surface area contributed by atoms with Gasteiger partial charge in [-0.1, -0.05) is 12.7 Å². The van der Waals surface area contributed by atoms with Crippen LogP contribution in [0.15, 0.2) is 18.8 Å². The standard InChI is InChI=1S/C10H12N2O/c1-2-8-5-6-11-10(8)12-7-3-4-9(12)13/h2,5-6,11H,1,3-4,7H2. The molecule has 0 aromatic carbocycles. The number of anilines is 1. The molecule has 1 aromatic heterocycles. The van der Waals surface area contributed by atoms with Crippen LogP contribution in [0.1, 0.15) is 18.4 Å². The Hall–Kier alpha value is -1.51. The van der Waals surface area contributed by atoms with Gasteiger partial charge in [-0.15, -0.1) is 0 Å². The van der Waals surface area contributed by atoms with E-state index in [1.54, 1.807) is 11.0 Å². The van der Waals surface area contributed by atoms with Gasteiger partial charge in [-0.25, -0.2) is 0 Å². The first-order chi connectivity index (χ1) is 6.33. The number of rotatable bonds is 2. The molecule has 68 valence electrons. The zero-order valence-corrected chi connectivity index (χ0v) is 7.42. The number of carbonyl (C=O) groups is 1. The molecule has 0 spiro atoms. The highest BCUT2D eigenvalue weighted by Crippen LogP contribution is 2.24. The molecule has 2 rings (SSSR count). The summed E-state index contributed by atoms with van der Waals surface area (Å²) < 4.78 is 0. The number of nitrogens with one attached hydrogen (secondary N) is 1. The zero-order chi connectivity index (χ0) is 9.26. The topological polar surface area (TPSA) is 36.1 Å². The quantitative estimate of drug-likeness (QED) is 0.732.